The van der Waals surface area contributed by atoms with Crippen LogP contribution in [0.2, 0.25) is 0 Å². The van der Waals surface area contributed by atoms with E-state index in [4.69, 9.17) is 4.74 Å². The fourth-order valence-electron chi connectivity index (χ4n) is 1.92. The molecule has 1 aromatic heterocycles. The zero-order valence-electron chi connectivity index (χ0n) is 10.9. The molecule has 0 atom stereocenters. The van der Waals surface area contributed by atoms with Crippen molar-refractivity contribution in [2.75, 3.05) is 13.2 Å². The Kier molecular flexibility index (Phi) is 3.36. The Morgan fingerprint density at radius 2 is 2.24 bits per heavy atom. The van der Waals surface area contributed by atoms with Crippen molar-refractivity contribution in [1.82, 2.24) is 15.1 Å². The van der Waals surface area contributed by atoms with Crippen molar-refractivity contribution in [2.24, 2.45) is 0 Å². The van der Waals surface area contributed by atoms with Crippen molar-refractivity contribution in [3.05, 3.63) is 52.3 Å². The number of benzene rings is 1. The van der Waals surface area contributed by atoms with Gasteiger partial charge in [0, 0.05) is 18.3 Å². The van der Waals surface area contributed by atoms with E-state index in [9.17, 15) is 14.9 Å². The summed E-state index contributed by atoms with van der Waals surface area (Å²) in [6.07, 6.45) is 1.59. The summed E-state index contributed by atoms with van der Waals surface area (Å²) in [6, 6.07) is 7.64. The second-order valence-corrected chi connectivity index (χ2v) is 4.63. The topological polar surface area (TPSA) is 99.3 Å². The normalized spacial score (nSPS) is 14.5. The van der Waals surface area contributed by atoms with Gasteiger partial charge in [0.1, 0.15) is 0 Å². The summed E-state index contributed by atoms with van der Waals surface area (Å²) < 4.78 is 6.41. The number of hydrogen-bond donors (Lipinski definition) is 1. The lowest BCUT2D eigenvalue weighted by Crippen LogP contribution is -2.48. The summed E-state index contributed by atoms with van der Waals surface area (Å²) in [6.45, 7) is 1.02. The third-order valence-electron chi connectivity index (χ3n) is 3.10. The van der Waals surface area contributed by atoms with Crippen molar-refractivity contribution in [1.29, 1.82) is 0 Å². The predicted octanol–water partition coefficient (Wildman–Crippen LogP) is 0.909. The van der Waals surface area contributed by atoms with Crippen LogP contribution in [0.4, 0.5) is 5.69 Å². The molecule has 0 bridgehead atoms. The van der Waals surface area contributed by atoms with E-state index in [1.807, 2.05) is 0 Å². The molecule has 0 unspecified atom stereocenters. The summed E-state index contributed by atoms with van der Waals surface area (Å²) in [4.78, 5) is 22.2. The van der Waals surface area contributed by atoms with Crippen molar-refractivity contribution >= 4 is 11.6 Å². The van der Waals surface area contributed by atoms with Gasteiger partial charge in [0.2, 0.25) is 0 Å². The Balaban J connectivity index is 1.79. The minimum atomic E-state index is -0.475. The lowest BCUT2D eigenvalue weighted by atomic mass is 10.2. The second-order valence-electron chi connectivity index (χ2n) is 4.63. The molecule has 21 heavy (non-hydrogen) atoms. The van der Waals surface area contributed by atoms with Gasteiger partial charge in [-0.15, -0.1) is 0 Å². The number of carbonyl (C=O) groups excluding carboxylic acids is 1. The van der Waals surface area contributed by atoms with Crippen molar-refractivity contribution in [3.63, 3.8) is 0 Å². The highest BCUT2D eigenvalue weighted by atomic mass is 16.6. The van der Waals surface area contributed by atoms with E-state index in [2.05, 4.69) is 10.4 Å². The number of non-ortho nitro benzene ring substituents is 1. The molecule has 2 heterocycles. The summed E-state index contributed by atoms with van der Waals surface area (Å²) in [7, 11) is 0. The zero-order valence-corrected chi connectivity index (χ0v) is 10.9. The molecule has 0 saturated carbocycles. The van der Waals surface area contributed by atoms with Gasteiger partial charge in [-0.25, -0.2) is 4.68 Å². The maximum Gasteiger partial charge on any atom is 0.272 e. The highest BCUT2D eigenvalue weighted by Crippen LogP contribution is 2.16. The second kappa shape index (κ2) is 5.33. The molecular formula is C13H12N4O4. The van der Waals surface area contributed by atoms with Gasteiger partial charge in [-0.3, -0.25) is 14.9 Å². The molecule has 0 aliphatic carbocycles. The molecule has 1 fully saturated rings. The maximum absolute atomic E-state index is 11.9. The van der Waals surface area contributed by atoms with Gasteiger partial charge in [-0.1, -0.05) is 6.07 Å². The first-order valence-corrected chi connectivity index (χ1v) is 6.32. The standard InChI is InChI=1S/C13H12N4O4/c18-13(14-9-7-21-8-9)12-4-5-16(15-12)10-2-1-3-11(6-10)17(19)20/h1-6,9H,7-8H2,(H,14,18). The number of carbonyl (C=O) groups is 1. The van der Waals surface area contributed by atoms with Gasteiger partial charge in [-0.2, -0.15) is 5.10 Å². The molecule has 1 aliphatic heterocycles. The van der Waals surface area contributed by atoms with Crippen LogP contribution in [0.15, 0.2) is 36.5 Å². The monoisotopic (exact) mass is 288 g/mol. The number of nitro groups is 1. The minimum Gasteiger partial charge on any atom is -0.377 e. The Labute approximate surface area is 119 Å². The molecule has 2 aromatic rings. The minimum absolute atomic E-state index is 0.0272. The number of nitro benzene ring substituents is 1. The quantitative estimate of drug-likeness (QED) is 0.666. The van der Waals surface area contributed by atoms with Crippen molar-refractivity contribution < 1.29 is 14.5 Å². The van der Waals surface area contributed by atoms with Gasteiger partial charge in [-0.05, 0) is 12.1 Å². The van der Waals surface area contributed by atoms with Crippen LogP contribution >= 0.6 is 0 Å². The molecule has 3 rings (SSSR count). The Hall–Kier alpha value is -2.74. The van der Waals surface area contributed by atoms with Gasteiger partial charge in [0.15, 0.2) is 5.69 Å². The third kappa shape index (κ3) is 2.75. The molecule has 1 N–H and O–H groups in total. The van der Waals surface area contributed by atoms with Crippen LogP contribution in [-0.4, -0.2) is 39.9 Å². The first-order chi connectivity index (χ1) is 10.1. The summed E-state index contributed by atoms with van der Waals surface area (Å²) in [5, 5.41) is 17.7. The van der Waals surface area contributed by atoms with E-state index in [0.717, 1.165) is 0 Å². The number of nitrogens with one attached hydrogen (secondary N) is 1. The average molecular weight is 288 g/mol. The van der Waals surface area contributed by atoms with E-state index in [0.29, 0.717) is 18.9 Å². The number of aromatic nitrogens is 2. The van der Waals surface area contributed by atoms with E-state index in [-0.39, 0.29) is 23.3 Å². The van der Waals surface area contributed by atoms with Crippen LogP contribution in [0.5, 0.6) is 0 Å². The maximum atomic E-state index is 11.9. The van der Waals surface area contributed by atoms with Crippen molar-refractivity contribution in [3.8, 4) is 5.69 Å². The third-order valence-corrected chi connectivity index (χ3v) is 3.10. The zero-order chi connectivity index (χ0) is 14.8. The number of ether oxygens (including phenoxy) is 1. The number of hydrogen-bond acceptors (Lipinski definition) is 5. The molecule has 1 aromatic carbocycles. The molecule has 0 radical (unpaired) electrons. The molecular weight excluding hydrogens is 276 g/mol. The number of amides is 1. The van der Waals surface area contributed by atoms with Gasteiger partial charge >= 0.3 is 0 Å². The van der Waals surface area contributed by atoms with Crippen LogP contribution in [0.1, 0.15) is 10.5 Å². The smallest absolute Gasteiger partial charge is 0.272 e. The Bertz CT molecular complexity index is 693. The fraction of sp³-hybridized carbons (Fsp3) is 0.231. The lowest BCUT2D eigenvalue weighted by molar-refractivity contribution is -0.384. The van der Waals surface area contributed by atoms with Crippen LogP contribution in [-0.2, 0) is 4.74 Å². The molecule has 8 heteroatoms. The molecule has 0 spiro atoms. The first-order valence-electron chi connectivity index (χ1n) is 6.32. The van der Waals surface area contributed by atoms with Crippen LogP contribution in [0.25, 0.3) is 5.69 Å². The Morgan fingerprint density at radius 3 is 2.90 bits per heavy atom. The summed E-state index contributed by atoms with van der Waals surface area (Å²) in [5.41, 5.74) is 0.754. The fourth-order valence-corrected chi connectivity index (χ4v) is 1.92. The largest absolute Gasteiger partial charge is 0.377 e. The SMILES string of the molecule is O=C(NC1COC1)c1ccn(-c2cccc([N+](=O)[O-])c2)n1. The van der Waals surface area contributed by atoms with E-state index < -0.39 is 4.92 Å². The van der Waals surface area contributed by atoms with E-state index in [1.54, 1.807) is 24.4 Å². The van der Waals surface area contributed by atoms with Crippen LogP contribution in [0.3, 0.4) is 0 Å². The summed E-state index contributed by atoms with van der Waals surface area (Å²) in [5.74, 6) is -0.285. The average Bonchev–Trinajstić information content (AvgIpc) is 2.92. The van der Waals surface area contributed by atoms with E-state index >= 15 is 0 Å². The van der Waals surface area contributed by atoms with Gasteiger partial charge in [0.05, 0.1) is 29.9 Å². The summed E-state index contributed by atoms with van der Waals surface area (Å²) >= 11 is 0. The van der Waals surface area contributed by atoms with Crippen LogP contribution < -0.4 is 5.32 Å². The molecule has 1 amide bonds. The molecule has 1 aliphatic rings. The van der Waals surface area contributed by atoms with Crippen LogP contribution in [0, 0.1) is 10.1 Å². The van der Waals surface area contributed by atoms with Gasteiger partial charge in [0.25, 0.3) is 11.6 Å². The van der Waals surface area contributed by atoms with Crippen molar-refractivity contribution in [2.45, 2.75) is 6.04 Å². The highest BCUT2D eigenvalue weighted by Gasteiger charge is 2.22. The number of nitrogens with zero attached hydrogens (tertiary/aromatic N) is 3. The predicted molar refractivity (Wildman–Crippen MR) is 72.3 cm³/mol. The van der Waals surface area contributed by atoms with E-state index in [1.165, 1.54) is 16.8 Å². The molecule has 108 valence electrons. The first kappa shape index (κ1) is 13.3. The molecule has 1 saturated heterocycles. The molecule has 8 nitrogen and oxygen atoms in total. The Morgan fingerprint density at radius 1 is 1.43 bits per heavy atom. The highest BCUT2D eigenvalue weighted by molar-refractivity contribution is 5.92. The lowest BCUT2D eigenvalue weighted by Gasteiger charge is -2.26. The number of rotatable bonds is 4. The van der Waals surface area contributed by atoms with Gasteiger partial charge < -0.3 is 10.1 Å².